The fourth-order valence-electron chi connectivity index (χ4n) is 1.38. The second-order valence-electron chi connectivity index (χ2n) is 3.47. The van der Waals surface area contributed by atoms with Crippen LogP contribution < -0.4 is 10.8 Å². The zero-order valence-corrected chi connectivity index (χ0v) is 8.77. The van der Waals surface area contributed by atoms with Gasteiger partial charge < -0.3 is 15.4 Å². The molecule has 0 aliphatic rings. The maximum Gasteiger partial charge on any atom is 0.488 e. The third-order valence-corrected chi connectivity index (χ3v) is 2.13. The Kier molecular flexibility index (Phi) is 3.88. The summed E-state index contributed by atoms with van der Waals surface area (Å²) >= 11 is 0. The molecule has 1 atom stereocenters. The number of carbonyl (C=O) groups excluding carboxylic acids is 1. The van der Waals surface area contributed by atoms with E-state index in [1.165, 1.54) is 6.92 Å². The molecule has 15 heavy (non-hydrogen) atoms. The lowest BCUT2D eigenvalue weighted by atomic mass is 9.79. The smallest absolute Gasteiger partial charge is 0.423 e. The van der Waals surface area contributed by atoms with Gasteiger partial charge in [-0.25, -0.2) is 0 Å². The highest BCUT2D eigenvalue weighted by molar-refractivity contribution is 6.58. The van der Waals surface area contributed by atoms with E-state index in [9.17, 15) is 4.79 Å². The minimum Gasteiger partial charge on any atom is -0.423 e. The van der Waals surface area contributed by atoms with Crippen LogP contribution in [-0.2, 0) is 4.79 Å². The molecule has 1 aromatic rings. The van der Waals surface area contributed by atoms with Gasteiger partial charge in [0.05, 0.1) is 6.04 Å². The molecule has 0 aromatic heterocycles. The molecule has 0 heterocycles. The van der Waals surface area contributed by atoms with Crippen LogP contribution in [0.15, 0.2) is 24.3 Å². The lowest BCUT2D eigenvalue weighted by Gasteiger charge is -2.13. The summed E-state index contributed by atoms with van der Waals surface area (Å²) in [7, 11) is -1.48. The van der Waals surface area contributed by atoms with Gasteiger partial charge in [-0.1, -0.05) is 24.3 Å². The molecule has 0 saturated heterocycles. The van der Waals surface area contributed by atoms with Crippen molar-refractivity contribution in [3.8, 4) is 0 Å². The number of carbonyl (C=O) groups is 1. The Balaban J connectivity index is 2.85. The second-order valence-corrected chi connectivity index (χ2v) is 3.47. The normalized spacial score (nSPS) is 12.0. The van der Waals surface area contributed by atoms with Crippen LogP contribution in [0.2, 0.25) is 0 Å². The predicted molar refractivity (Wildman–Crippen MR) is 58.5 cm³/mol. The molecule has 0 unspecified atom stereocenters. The Morgan fingerprint density at radius 1 is 1.47 bits per heavy atom. The predicted octanol–water partition coefficient (Wildman–Crippen LogP) is -0.436. The van der Waals surface area contributed by atoms with E-state index in [1.807, 2.05) is 13.0 Å². The van der Waals surface area contributed by atoms with Crippen molar-refractivity contribution in [2.45, 2.75) is 19.9 Å². The van der Waals surface area contributed by atoms with Crippen LogP contribution in [-0.4, -0.2) is 23.1 Å². The fourth-order valence-corrected chi connectivity index (χ4v) is 1.38. The van der Waals surface area contributed by atoms with Crippen LogP contribution in [0.3, 0.4) is 0 Å². The highest BCUT2D eigenvalue weighted by Gasteiger charge is 2.13. The van der Waals surface area contributed by atoms with Gasteiger partial charge in [0.1, 0.15) is 0 Å². The van der Waals surface area contributed by atoms with Crippen LogP contribution in [0, 0.1) is 0 Å². The second kappa shape index (κ2) is 4.95. The molecule has 0 bridgehead atoms. The number of benzene rings is 1. The van der Waals surface area contributed by atoms with E-state index in [0.717, 1.165) is 5.56 Å². The largest absolute Gasteiger partial charge is 0.488 e. The zero-order valence-electron chi connectivity index (χ0n) is 8.77. The van der Waals surface area contributed by atoms with Crippen LogP contribution in [0.25, 0.3) is 0 Å². The third-order valence-electron chi connectivity index (χ3n) is 2.13. The average molecular weight is 207 g/mol. The lowest BCUT2D eigenvalue weighted by Crippen LogP contribution is -2.31. The maximum absolute atomic E-state index is 10.8. The van der Waals surface area contributed by atoms with Gasteiger partial charge in [-0.05, 0) is 17.9 Å². The van der Waals surface area contributed by atoms with E-state index < -0.39 is 7.12 Å². The molecule has 0 fully saturated rings. The van der Waals surface area contributed by atoms with E-state index in [2.05, 4.69) is 5.32 Å². The summed E-state index contributed by atoms with van der Waals surface area (Å²) in [6.07, 6.45) is 0. The first-order chi connectivity index (χ1) is 7.00. The van der Waals surface area contributed by atoms with Gasteiger partial charge in [-0.2, -0.15) is 0 Å². The standard InChI is InChI=1S/C10H14BNO3/c1-7(12-8(2)13)9-4-3-5-10(6-9)11(14)15/h3-7,14-15H,1-2H3,(H,12,13)/t7-/m1/s1. The first kappa shape index (κ1) is 11.7. The van der Waals surface area contributed by atoms with E-state index in [4.69, 9.17) is 10.0 Å². The number of hydrogen-bond acceptors (Lipinski definition) is 3. The lowest BCUT2D eigenvalue weighted by molar-refractivity contribution is -0.119. The van der Waals surface area contributed by atoms with Gasteiger partial charge in [0.25, 0.3) is 0 Å². The number of hydrogen-bond donors (Lipinski definition) is 3. The first-order valence-corrected chi connectivity index (χ1v) is 4.74. The third kappa shape index (κ3) is 3.38. The highest BCUT2D eigenvalue weighted by atomic mass is 16.4. The summed E-state index contributed by atoms with van der Waals surface area (Å²) in [6, 6.07) is 6.69. The highest BCUT2D eigenvalue weighted by Crippen LogP contribution is 2.09. The molecule has 1 aromatic carbocycles. The van der Waals surface area contributed by atoms with Gasteiger partial charge in [-0.15, -0.1) is 0 Å². The van der Waals surface area contributed by atoms with Crippen molar-refractivity contribution in [3.63, 3.8) is 0 Å². The molecule has 80 valence electrons. The summed E-state index contributed by atoms with van der Waals surface area (Å²) in [5.74, 6) is -0.113. The van der Waals surface area contributed by atoms with Crippen molar-refractivity contribution in [1.82, 2.24) is 5.32 Å². The molecule has 3 N–H and O–H groups in total. The van der Waals surface area contributed by atoms with Crippen LogP contribution in [0.4, 0.5) is 0 Å². The van der Waals surface area contributed by atoms with Crippen molar-refractivity contribution in [2.24, 2.45) is 0 Å². The van der Waals surface area contributed by atoms with E-state index in [0.29, 0.717) is 5.46 Å². The number of amides is 1. The summed E-state index contributed by atoms with van der Waals surface area (Å²) < 4.78 is 0. The summed E-state index contributed by atoms with van der Waals surface area (Å²) in [6.45, 7) is 3.28. The molecule has 5 heteroatoms. The summed E-state index contributed by atoms with van der Waals surface area (Å²) in [4.78, 5) is 10.8. The zero-order chi connectivity index (χ0) is 11.4. The first-order valence-electron chi connectivity index (χ1n) is 4.74. The van der Waals surface area contributed by atoms with E-state index in [-0.39, 0.29) is 11.9 Å². The van der Waals surface area contributed by atoms with Crippen LogP contribution >= 0.6 is 0 Å². The molecule has 1 rings (SSSR count). The molecule has 0 saturated carbocycles. The van der Waals surface area contributed by atoms with Crippen LogP contribution in [0.1, 0.15) is 25.5 Å². The minimum atomic E-state index is -1.48. The van der Waals surface area contributed by atoms with Crippen molar-refractivity contribution >= 4 is 18.5 Å². The molecule has 0 aliphatic heterocycles. The number of rotatable bonds is 3. The molecule has 4 nitrogen and oxygen atoms in total. The Morgan fingerprint density at radius 2 is 2.13 bits per heavy atom. The Morgan fingerprint density at radius 3 is 2.67 bits per heavy atom. The monoisotopic (exact) mass is 207 g/mol. The summed E-state index contributed by atoms with van der Waals surface area (Å²) in [5.41, 5.74) is 1.26. The number of nitrogens with one attached hydrogen (secondary N) is 1. The van der Waals surface area contributed by atoms with Crippen molar-refractivity contribution < 1.29 is 14.8 Å². The van der Waals surface area contributed by atoms with Gasteiger partial charge in [0.2, 0.25) is 5.91 Å². The topological polar surface area (TPSA) is 69.6 Å². The van der Waals surface area contributed by atoms with Gasteiger partial charge in [0, 0.05) is 6.92 Å². The van der Waals surface area contributed by atoms with Gasteiger partial charge >= 0.3 is 7.12 Å². The Labute approximate surface area is 89.1 Å². The Bertz CT molecular complexity index is 354. The van der Waals surface area contributed by atoms with E-state index >= 15 is 0 Å². The summed E-state index contributed by atoms with van der Waals surface area (Å²) in [5, 5.41) is 20.7. The fraction of sp³-hybridized carbons (Fsp3) is 0.300. The average Bonchev–Trinajstić information content (AvgIpc) is 2.17. The van der Waals surface area contributed by atoms with E-state index in [1.54, 1.807) is 18.2 Å². The molecular formula is C10H14BNO3. The quantitative estimate of drug-likeness (QED) is 0.588. The maximum atomic E-state index is 10.8. The van der Waals surface area contributed by atoms with Crippen molar-refractivity contribution in [1.29, 1.82) is 0 Å². The van der Waals surface area contributed by atoms with Gasteiger partial charge in [0.15, 0.2) is 0 Å². The molecular weight excluding hydrogens is 193 g/mol. The van der Waals surface area contributed by atoms with Crippen LogP contribution in [0.5, 0.6) is 0 Å². The molecule has 0 aliphatic carbocycles. The van der Waals surface area contributed by atoms with Crippen molar-refractivity contribution in [2.75, 3.05) is 0 Å². The molecule has 1 amide bonds. The molecule has 0 spiro atoms. The van der Waals surface area contributed by atoms with Crippen molar-refractivity contribution in [3.05, 3.63) is 29.8 Å². The Hall–Kier alpha value is -1.33. The SMILES string of the molecule is CC(=O)N[C@H](C)c1cccc(B(O)O)c1. The molecule has 0 radical (unpaired) electrons. The van der Waals surface area contributed by atoms with Gasteiger partial charge in [-0.3, -0.25) is 4.79 Å². The minimum absolute atomic E-state index is 0.113.